The molecule has 1 nitrogen and oxygen atoms in total. The van der Waals surface area contributed by atoms with Gasteiger partial charge in [0.1, 0.15) is 11.6 Å². The standard InChI is InChI=1S/C7H7F2N/c8-6-1-2-7(9)5(3-6)4-10/h1-3H,4,10H2. The Morgan fingerprint density at radius 2 is 2.00 bits per heavy atom. The first kappa shape index (κ1) is 7.15. The lowest BCUT2D eigenvalue weighted by molar-refractivity contribution is 0.586. The minimum Gasteiger partial charge on any atom is -0.326 e. The Morgan fingerprint density at radius 3 is 2.50 bits per heavy atom. The molecule has 0 bridgehead atoms. The molecule has 0 aliphatic heterocycles. The number of nitrogens with two attached hydrogens (primary N) is 1. The fourth-order valence-corrected chi connectivity index (χ4v) is 0.700. The average Bonchev–Trinajstić information content (AvgIpc) is 1.94. The topological polar surface area (TPSA) is 26.0 Å². The van der Waals surface area contributed by atoms with E-state index >= 15 is 0 Å². The summed E-state index contributed by atoms with van der Waals surface area (Å²) in [5.41, 5.74) is 5.32. The lowest BCUT2D eigenvalue weighted by Gasteiger charge is -1.97. The number of halogens is 2. The third-order valence-corrected chi connectivity index (χ3v) is 1.23. The highest BCUT2D eigenvalue weighted by atomic mass is 19.1. The highest BCUT2D eigenvalue weighted by Crippen LogP contribution is 2.07. The summed E-state index contributed by atoms with van der Waals surface area (Å²) in [5, 5.41) is 0. The summed E-state index contributed by atoms with van der Waals surface area (Å²) >= 11 is 0. The van der Waals surface area contributed by atoms with Crippen LogP contribution >= 0.6 is 0 Å². The molecule has 0 aliphatic rings. The van der Waals surface area contributed by atoms with Crippen LogP contribution in [0.15, 0.2) is 18.2 Å². The first-order valence-corrected chi connectivity index (χ1v) is 2.88. The van der Waals surface area contributed by atoms with Crippen molar-refractivity contribution in [2.75, 3.05) is 0 Å². The Hall–Kier alpha value is -0.960. The van der Waals surface area contributed by atoms with Gasteiger partial charge in [-0.15, -0.1) is 0 Å². The third kappa shape index (κ3) is 1.30. The van der Waals surface area contributed by atoms with Crippen molar-refractivity contribution in [3.8, 4) is 0 Å². The maximum Gasteiger partial charge on any atom is 0.127 e. The average molecular weight is 143 g/mol. The molecule has 0 aromatic heterocycles. The van der Waals surface area contributed by atoms with Crippen molar-refractivity contribution >= 4 is 0 Å². The van der Waals surface area contributed by atoms with Crippen molar-refractivity contribution in [3.05, 3.63) is 35.4 Å². The van der Waals surface area contributed by atoms with Crippen molar-refractivity contribution in [2.24, 2.45) is 5.73 Å². The highest BCUT2D eigenvalue weighted by Gasteiger charge is 1.99. The Labute approximate surface area is 57.5 Å². The van der Waals surface area contributed by atoms with Crippen molar-refractivity contribution in [1.29, 1.82) is 0 Å². The predicted molar refractivity (Wildman–Crippen MR) is 34.2 cm³/mol. The van der Waals surface area contributed by atoms with Gasteiger partial charge in [-0.3, -0.25) is 0 Å². The number of hydrogen-bond donors (Lipinski definition) is 1. The Morgan fingerprint density at radius 1 is 1.30 bits per heavy atom. The SMILES string of the molecule is NCc1cc(F)ccc1F. The molecule has 2 N–H and O–H groups in total. The monoisotopic (exact) mass is 143 g/mol. The molecule has 0 amide bonds. The number of rotatable bonds is 1. The molecule has 0 heterocycles. The maximum absolute atomic E-state index is 12.5. The van der Waals surface area contributed by atoms with Gasteiger partial charge in [-0.05, 0) is 18.2 Å². The molecular formula is C7H7F2N. The van der Waals surface area contributed by atoms with E-state index in [1.54, 1.807) is 0 Å². The maximum atomic E-state index is 12.5. The summed E-state index contributed by atoms with van der Waals surface area (Å²) < 4.78 is 24.8. The van der Waals surface area contributed by atoms with E-state index < -0.39 is 11.6 Å². The van der Waals surface area contributed by atoms with Gasteiger partial charge in [0.15, 0.2) is 0 Å². The Kier molecular flexibility index (Phi) is 1.97. The number of benzene rings is 1. The van der Waals surface area contributed by atoms with Gasteiger partial charge in [0.25, 0.3) is 0 Å². The minimum absolute atomic E-state index is 0.0313. The van der Waals surface area contributed by atoms with Gasteiger partial charge in [-0.1, -0.05) is 0 Å². The quantitative estimate of drug-likeness (QED) is 0.632. The minimum atomic E-state index is -0.457. The first-order valence-electron chi connectivity index (χ1n) is 2.88. The van der Waals surface area contributed by atoms with Gasteiger partial charge in [0.05, 0.1) is 0 Å². The molecule has 0 saturated carbocycles. The number of hydrogen-bond acceptors (Lipinski definition) is 1. The molecule has 54 valence electrons. The van der Waals surface area contributed by atoms with E-state index in [1.165, 1.54) is 0 Å². The lowest BCUT2D eigenvalue weighted by Crippen LogP contribution is -1.99. The van der Waals surface area contributed by atoms with Crippen LogP contribution in [-0.4, -0.2) is 0 Å². The third-order valence-electron chi connectivity index (χ3n) is 1.23. The molecule has 1 rings (SSSR count). The molecule has 0 saturated heterocycles. The van der Waals surface area contributed by atoms with Gasteiger partial charge >= 0.3 is 0 Å². The molecule has 0 fully saturated rings. The first-order chi connectivity index (χ1) is 4.74. The van der Waals surface area contributed by atoms with Crippen molar-refractivity contribution in [1.82, 2.24) is 0 Å². The van der Waals surface area contributed by atoms with E-state index in [0.29, 0.717) is 0 Å². The second kappa shape index (κ2) is 2.75. The summed E-state index contributed by atoms with van der Waals surface area (Å²) in [6.45, 7) is 0.0313. The van der Waals surface area contributed by atoms with Crippen LogP contribution in [0.25, 0.3) is 0 Å². The van der Waals surface area contributed by atoms with E-state index in [1.807, 2.05) is 0 Å². The van der Waals surface area contributed by atoms with Crippen LogP contribution in [-0.2, 0) is 6.54 Å². The molecule has 0 unspecified atom stereocenters. The van der Waals surface area contributed by atoms with Crippen LogP contribution in [0, 0.1) is 11.6 Å². The molecule has 1 aromatic rings. The van der Waals surface area contributed by atoms with Crippen molar-refractivity contribution in [2.45, 2.75) is 6.54 Å². The van der Waals surface area contributed by atoms with Crippen LogP contribution < -0.4 is 5.73 Å². The van der Waals surface area contributed by atoms with Crippen LogP contribution in [0.3, 0.4) is 0 Å². The zero-order valence-electron chi connectivity index (χ0n) is 5.27. The van der Waals surface area contributed by atoms with Gasteiger partial charge in [0.2, 0.25) is 0 Å². The van der Waals surface area contributed by atoms with Crippen LogP contribution in [0.4, 0.5) is 8.78 Å². The molecule has 0 aliphatic carbocycles. The molecule has 0 spiro atoms. The van der Waals surface area contributed by atoms with Crippen LogP contribution in [0.1, 0.15) is 5.56 Å². The Bertz CT molecular complexity index is 235. The summed E-state index contributed by atoms with van der Waals surface area (Å²) in [5.74, 6) is -0.911. The molecule has 1 aromatic carbocycles. The van der Waals surface area contributed by atoms with Crippen LogP contribution in [0.2, 0.25) is 0 Å². The molecule has 0 radical (unpaired) electrons. The van der Waals surface area contributed by atoms with E-state index in [-0.39, 0.29) is 12.1 Å². The van der Waals surface area contributed by atoms with Gasteiger partial charge in [0, 0.05) is 12.1 Å². The van der Waals surface area contributed by atoms with Gasteiger partial charge in [-0.25, -0.2) is 8.78 Å². The molecule has 0 atom stereocenters. The molecule has 10 heavy (non-hydrogen) atoms. The largest absolute Gasteiger partial charge is 0.326 e. The lowest BCUT2D eigenvalue weighted by atomic mass is 10.2. The van der Waals surface area contributed by atoms with Crippen molar-refractivity contribution in [3.63, 3.8) is 0 Å². The van der Waals surface area contributed by atoms with Gasteiger partial charge < -0.3 is 5.73 Å². The zero-order valence-corrected chi connectivity index (χ0v) is 5.27. The second-order valence-corrected chi connectivity index (χ2v) is 1.94. The smallest absolute Gasteiger partial charge is 0.127 e. The van der Waals surface area contributed by atoms with E-state index in [4.69, 9.17) is 5.73 Å². The summed E-state index contributed by atoms with van der Waals surface area (Å²) in [6, 6.07) is 3.22. The Balaban J connectivity index is 3.09. The summed E-state index contributed by atoms with van der Waals surface area (Å²) in [6.07, 6.45) is 0. The highest BCUT2D eigenvalue weighted by molar-refractivity contribution is 5.17. The van der Waals surface area contributed by atoms with Crippen molar-refractivity contribution < 1.29 is 8.78 Å². The fourth-order valence-electron chi connectivity index (χ4n) is 0.700. The van der Waals surface area contributed by atoms with Crippen LogP contribution in [0.5, 0.6) is 0 Å². The molecule has 3 heteroatoms. The van der Waals surface area contributed by atoms with E-state index in [9.17, 15) is 8.78 Å². The fraction of sp³-hybridized carbons (Fsp3) is 0.143. The van der Waals surface area contributed by atoms with Gasteiger partial charge in [-0.2, -0.15) is 0 Å². The zero-order chi connectivity index (χ0) is 7.56. The predicted octanol–water partition coefficient (Wildman–Crippen LogP) is 1.42. The normalized spacial score (nSPS) is 9.90. The van der Waals surface area contributed by atoms with E-state index in [2.05, 4.69) is 0 Å². The van der Waals surface area contributed by atoms with E-state index in [0.717, 1.165) is 18.2 Å². The summed E-state index contributed by atoms with van der Waals surface area (Å²) in [4.78, 5) is 0. The summed E-state index contributed by atoms with van der Waals surface area (Å²) in [7, 11) is 0. The second-order valence-electron chi connectivity index (χ2n) is 1.94. The molecular weight excluding hydrogens is 136 g/mol.